The maximum Gasteiger partial charge on any atom is 0.0709 e. The molecule has 0 radical (unpaired) electrons. The Hall–Kier alpha value is -0.380. The minimum absolute atomic E-state index is 0.148. The quantitative estimate of drug-likeness (QED) is 0.359. The standard InChI is InChI=1S/C9H20N2O/c1-7(2)5-6-9(11-10)8(3)12-4/h8-9,11H,1,5-6,10H2,2-4H3. The highest BCUT2D eigenvalue weighted by Gasteiger charge is 2.13. The summed E-state index contributed by atoms with van der Waals surface area (Å²) in [6.07, 6.45) is 2.11. The van der Waals surface area contributed by atoms with Gasteiger partial charge in [0.2, 0.25) is 0 Å². The largest absolute Gasteiger partial charge is 0.380 e. The molecule has 0 saturated heterocycles. The second-order valence-corrected chi connectivity index (χ2v) is 3.21. The molecule has 3 heteroatoms. The zero-order valence-corrected chi connectivity index (χ0v) is 8.26. The number of methoxy groups -OCH3 is 1. The van der Waals surface area contributed by atoms with Gasteiger partial charge in [0.05, 0.1) is 6.10 Å². The highest BCUT2D eigenvalue weighted by molar-refractivity contribution is 4.89. The van der Waals surface area contributed by atoms with Crippen LogP contribution in [-0.4, -0.2) is 19.3 Å². The molecule has 2 atom stereocenters. The van der Waals surface area contributed by atoms with Crippen molar-refractivity contribution < 1.29 is 4.74 Å². The van der Waals surface area contributed by atoms with Crippen molar-refractivity contribution in [3.05, 3.63) is 12.2 Å². The van der Waals surface area contributed by atoms with E-state index in [1.54, 1.807) is 7.11 Å². The van der Waals surface area contributed by atoms with Crippen LogP contribution in [0.5, 0.6) is 0 Å². The number of hydrogen-bond donors (Lipinski definition) is 2. The van der Waals surface area contributed by atoms with Gasteiger partial charge in [0, 0.05) is 13.2 Å². The molecule has 72 valence electrons. The first kappa shape index (κ1) is 11.6. The highest BCUT2D eigenvalue weighted by Crippen LogP contribution is 2.08. The Balaban J connectivity index is 3.74. The lowest BCUT2D eigenvalue weighted by Crippen LogP contribution is -2.43. The van der Waals surface area contributed by atoms with Crippen molar-refractivity contribution in [2.75, 3.05) is 7.11 Å². The predicted molar refractivity (Wildman–Crippen MR) is 51.6 cm³/mol. The lowest BCUT2D eigenvalue weighted by Gasteiger charge is -2.21. The minimum atomic E-state index is 0.148. The van der Waals surface area contributed by atoms with Gasteiger partial charge < -0.3 is 4.74 Å². The molecule has 0 aliphatic carbocycles. The third-order valence-electron chi connectivity index (χ3n) is 2.03. The fraction of sp³-hybridized carbons (Fsp3) is 0.778. The third-order valence-corrected chi connectivity index (χ3v) is 2.03. The van der Waals surface area contributed by atoms with Crippen LogP contribution in [0.1, 0.15) is 26.7 Å². The summed E-state index contributed by atoms with van der Waals surface area (Å²) in [6.45, 7) is 7.86. The molecule has 0 rings (SSSR count). The molecule has 0 spiro atoms. The van der Waals surface area contributed by atoms with Gasteiger partial charge in [-0.1, -0.05) is 5.57 Å². The Morgan fingerprint density at radius 3 is 2.58 bits per heavy atom. The second kappa shape index (κ2) is 6.17. The number of ether oxygens (including phenoxy) is 1. The monoisotopic (exact) mass is 172 g/mol. The molecule has 3 N–H and O–H groups in total. The van der Waals surface area contributed by atoms with Gasteiger partial charge in [0.15, 0.2) is 0 Å². The fourth-order valence-electron chi connectivity index (χ4n) is 1.02. The summed E-state index contributed by atoms with van der Waals surface area (Å²) in [5, 5.41) is 0. The number of allylic oxidation sites excluding steroid dienone is 1. The van der Waals surface area contributed by atoms with Gasteiger partial charge in [-0.3, -0.25) is 11.3 Å². The molecule has 0 aliphatic heterocycles. The second-order valence-electron chi connectivity index (χ2n) is 3.21. The molecule has 0 aliphatic rings. The highest BCUT2D eigenvalue weighted by atomic mass is 16.5. The topological polar surface area (TPSA) is 47.3 Å². The van der Waals surface area contributed by atoms with Crippen LogP contribution >= 0.6 is 0 Å². The van der Waals surface area contributed by atoms with Crippen molar-refractivity contribution in [1.29, 1.82) is 0 Å². The van der Waals surface area contributed by atoms with Crippen molar-refractivity contribution in [1.82, 2.24) is 5.43 Å². The van der Waals surface area contributed by atoms with Crippen molar-refractivity contribution in [3.63, 3.8) is 0 Å². The number of rotatable bonds is 6. The molecule has 0 heterocycles. The van der Waals surface area contributed by atoms with Gasteiger partial charge in [-0.15, -0.1) is 6.58 Å². The summed E-state index contributed by atoms with van der Waals surface area (Å²) >= 11 is 0. The lowest BCUT2D eigenvalue weighted by molar-refractivity contribution is 0.0802. The molecule has 0 bridgehead atoms. The van der Waals surface area contributed by atoms with E-state index in [2.05, 4.69) is 12.0 Å². The summed E-state index contributed by atoms with van der Waals surface area (Å²) in [6, 6.07) is 0.215. The zero-order valence-electron chi connectivity index (χ0n) is 8.26. The van der Waals surface area contributed by atoms with Crippen LogP contribution in [0.3, 0.4) is 0 Å². The fourth-order valence-corrected chi connectivity index (χ4v) is 1.02. The molecule has 0 aromatic rings. The van der Waals surface area contributed by atoms with E-state index in [0.717, 1.165) is 12.8 Å². The summed E-state index contributed by atoms with van der Waals surface area (Å²) in [4.78, 5) is 0. The smallest absolute Gasteiger partial charge is 0.0709 e. The van der Waals surface area contributed by atoms with Crippen molar-refractivity contribution in [2.45, 2.75) is 38.8 Å². The average Bonchev–Trinajstić information content (AvgIpc) is 2.04. The Labute approximate surface area is 74.9 Å². The minimum Gasteiger partial charge on any atom is -0.380 e. The van der Waals surface area contributed by atoms with Crippen LogP contribution in [0.25, 0.3) is 0 Å². The third kappa shape index (κ3) is 4.49. The van der Waals surface area contributed by atoms with Crippen LogP contribution in [0.4, 0.5) is 0 Å². The first-order valence-electron chi connectivity index (χ1n) is 4.25. The van der Waals surface area contributed by atoms with Crippen LogP contribution in [0.2, 0.25) is 0 Å². The molecule has 12 heavy (non-hydrogen) atoms. The van der Waals surface area contributed by atoms with Crippen molar-refractivity contribution in [3.8, 4) is 0 Å². The average molecular weight is 172 g/mol. The van der Waals surface area contributed by atoms with E-state index < -0.39 is 0 Å². The van der Waals surface area contributed by atoms with Gasteiger partial charge in [-0.05, 0) is 26.7 Å². The number of hydrogen-bond acceptors (Lipinski definition) is 3. The zero-order chi connectivity index (χ0) is 9.56. The van der Waals surface area contributed by atoms with Gasteiger partial charge in [-0.25, -0.2) is 0 Å². The number of nitrogens with one attached hydrogen (secondary N) is 1. The van der Waals surface area contributed by atoms with E-state index in [4.69, 9.17) is 10.6 Å². The number of nitrogens with two attached hydrogens (primary N) is 1. The Kier molecular flexibility index (Phi) is 5.98. The maximum atomic E-state index is 5.38. The molecular weight excluding hydrogens is 152 g/mol. The van der Waals surface area contributed by atoms with E-state index in [9.17, 15) is 0 Å². The van der Waals surface area contributed by atoms with E-state index in [1.807, 2.05) is 13.8 Å². The normalized spacial score (nSPS) is 15.7. The molecule has 0 saturated carbocycles. The molecule has 3 nitrogen and oxygen atoms in total. The van der Waals surface area contributed by atoms with Crippen LogP contribution in [0.15, 0.2) is 12.2 Å². The summed E-state index contributed by atoms with van der Waals surface area (Å²) in [5.74, 6) is 5.38. The molecule has 0 amide bonds. The molecular formula is C9H20N2O. The summed E-state index contributed by atoms with van der Waals surface area (Å²) in [5.41, 5.74) is 3.92. The van der Waals surface area contributed by atoms with Gasteiger partial charge in [-0.2, -0.15) is 0 Å². The Morgan fingerprint density at radius 2 is 2.25 bits per heavy atom. The molecule has 0 aromatic heterocycles. The first-order chi connectivity index (χ1) is 5.61. The molecule has 2 unspecified atom stereocenters. The van der Waals surface area contributed by atoms with Crippen LogP contribution < -0.4 is 11.3 Å². The summed E-state index contributed by atoms with van der Waals surface area (Å²) in [7, 11) is 1.69. The first-order valence-corrected chi connectivity index (χ1v) is 4.25. The Bertz CT molecular complexity index is 136. The van der Waals surface area contributed by atoms with Crippen LogP contribution in [0, 0.1) is 0 Å². The van der Waals surface area contributed by atoms with Gasteiger partial charge in [0.25, 0.3) is 0 Å². The van der Waals surface area contributed by atoms with E-state index >= 15 is 0 Å². The Morgan fingerprint density at radius 1 is 1.67 bits per heavy atom. The SMILES string of the molecule is C=C(C)CCC(NN)C(C)OC. The number of hydrazine groups is 1. The lowest BCUT2D eigenvalue weighted by atomic mass is 10.0. The van der Waals surface area contributed by atoms with Gasteiger partial charge in [0.1, 0.15) is 0 Å². The van der Waals surface area contributed by atoms with E-state index in [0.29, 0.717) is 0 Å². The predicted octanol–water partition coefficient (Wildman–Crippen LogP) is 1.21. The van der Waals surface area contributed by atoms with E-state index in [-0.39, 0.29) is 12.1 Å². The summed E-state index contributed by atoms with van der Waals surface area (Å²) < 4.78 is 5.16. The van der Waals surface area contributed by atoms with Crippen molar-refractivity contribution >= 4 is 0 Å². The van der Waals surface area contributed by atoms with E-state index in [1.165, 1.54) is 5.57 Å². The van der Waals surface area contributed by atoms with Crippen LogP contribution in [-0.2, 0) is 4.74 Å². The van der Waals surface area contributed by atoms with Gasteiger partial charge >= 0.3 is 0 Å². The molecule has 0 aromatic carbocycles. The molecule has 0 fully saturated rings. The maximum absolute atomic E-state index is 5.38. The van der Waals surface area contributed by atoms with Crippen molar-refractivity contribution in [2.24, 2.45) is 5.84 Å².